The first-order chi connectivity index (χ1) is 13.2. The average molecular weight is 364 g/mol. The van der Waals surface area contributed by atoms with Crippen LogP contribution in [-0.2, 0) is 0 Å². The highest BCUT2D eigenvalue weighted by molar-refractivity contribution is 5.95. The smallest absolute Gasteiger partial charge is 0.165 e. The number of ketones is 1. The van der Waals surface area contributed by atoms with Crippen LogP contribution in [0.4, 0.5) is 5.82 Å². The van der Waals surface area contributed by atoms with Gasteiger partial charge in [0.2, 0.25) is 0 Å². The molecule has 1 atom stereocenters. The number of aliphatic hydroxyl groups excluding tert-OH is 1. The summed E-state index contributed by atoms with van der Waals surface area (Å²) in [5.41, 5.74) is 3.31. The first-order valence-electron chi connectivity index (χ1n) is 9.50. The van der Waals surface area contributed by atoms with Crippen LogP contribution in [0.3, 0.4) is 0 Å². The van der Waals surface area contributed by atoms with E-state index in [0.29, 0.717) is 11.6 Å². The zero-order valence-corrected chi connectivity index (χ0v) is 15.5. The molecule has 0 saturated carbocycles. The SMILES string of the molecule is CC(=O)c1cccc(-c2cnn3c(N4CCCCC4CCO)ccnc23)c1. The van der Waals surface area contributed by atoms with Gasteiger partial charge in [0.1, 0.15) is 5.82 Å². The Kier molecular flexibility index (Phi) is 4.90. The summed E-state index contributed by atoms with van der Waals surface area (Å²) >= 11 is 0. The van der Waals surface area contributed by atoms with Crippen molar-refractivity contribution in [3.8, 4) is 11.1 Å². The van der Waals surface area contributed by atoms with Gasteiger partial charge in [-0.15, -0.1) is 0 Å². The number of fused-ring (bicyclic) bond motifs is 1. The number of aliphatic hydroxyl groups is 1. The van der Waals surface area contributed by atoms with Crippen molar-refractivity contribution in [2.24, 2.45) is 0 Å². The highest BCUT2D eigenvalue weighted by Gasteiger charge is 2.25. The molecule has 6 heteroatoms. The van der Waals surface area contributed by atoms with Crippen molar-refractivity contribution in [2.75, 3.05) is 18.1 Å². The van der Waals surface area contributed by atoms with Crippen LogP contribution in [-0.4, -0.2) is 44.7 Å². The Labute approximate surface area is 158 Å². The van der Waals surface area contributed by atoms with Gasteiger partial charge in [-0.05, 0) is 50.3 Å². The van der Waals surface area contributed by atoms with Crippen LogP contribution in [0.15, 0.2) is 42.7 Å². The summed E-state index contributed by atoms with van der Waals surface area (Å²) in [6.45, 7) is 2.72. The van der Waals surface area contributed by atoms with E-state index in [4.69, 9.17) is 0 Å². The van der Waals surface area contributed by atoms with Crippen LogP contribution < -0.4 is 4.90 Å². The molecule has 3 aromatic rings. The van der Waals surface area contributed by atoms with Gasteiger partial charge in [-0.2, -0.15) is 9.61 Å². The summed E-state index contributed by atoms with van der Waals surface area (Å²) in [6, 6.07) is 9.90. The molecule has 3 heterocycles. The minimum absolute atomic E-state index is 0.0436. The number of aromatic nitrogens is 3. The summed E-state index contributed by atoms with van der Waals surface area (Å²) in [6.07, 6.45) is 7.81. The van der Waals surface area contributed by atoms with Crippen LogP contribution in [0.2, 0.25) is 0 Å². The number of carbonyl (C=O) groups excluding carboxylic acids is 1. The van der Waals surface area contributed by atoms with Crippen LogP contribution in [0.1, 0.15) is 43.0 Å². The van der Waals surface area contributed by atoms with E-state index in [0.717, 1.165) is 48.4 Å². The Hall–Kier alpha value is -2.73. The van der Waals surface area contributed by atoms with Gasteiger partial charge in [0.05, 0.1) is 6.20 Å². The summed E-state index contributed by atoms with van der Waals surface area (Å²) in [5, 5.41) is 14.0. The molecule has 1 saturated heterocycles. The van der Waals surface area contributed by atoms with Crippen LogP contribution in [0, 0.1) is 0 Å². The van der Waals surface area contributed by atoms with Crippen molar-refractivity contribution in [1.82, 2.24) is 14.6 Å². The lowest BCUT2D eigenvalue weighted by Gasteiger charge is -2.37. The molecule has 27 heavy (non-hydrogen) atoms. The number of piperidine rings is 1. The van der Waals surface area contributed by atoms with Gasteiger partial charge in [-0.25, -0.2) is 4.98 Å². The van der Waals surface area contributed by atoms with Gasteiger partial charge in [0, 0.05) is 36.5 Å². The number of carbonyl (C=O) groups is 1. The molecule has 0 bridgehead atoms. The summed E-state index contributed by atoms with van der Waals surface area (Å²) < 4.78 is 1.88. The molecular formula is C21H24N4O2. The lowest BCUT2D eigenvalue weighted by atomic mass is 9.99. The second-order valence-electron chi connectivity index (χ2n) is 7.09. The van der Waals surface area contributed by atoms with E-state index in [-0.39, 0.29) is 12.4 Å². The quantitative estimate of drug-likeness (QED) is 0.703. The second kappa shape index (κ2) is 7.48. The number of anilines is 1. The van der Waals surface area contributed by atoms with Gasteiger partial charge in [-0.3, -0.25) is 4.79 Å². The average Bonchev–Trinajstić information content (AvgIpc) is 3.13. The summed E-state index contributed by atoms with van der Waals surface area (Å²) in [5.74, 6) is 1.05. The number of nitrogens with zero attached hydrogens (tertiary/aromatic N) is 4. The molecule has 0 aliphatic carbocycles. The number of hydrogen-bond acceptors (Lipinski definition) is 5. The summed E-state index contributed by atoms with van der Waals surface area (Å²) in [4.78, 5) is 18.6. The Morgan fingerprint density at radius 3 is 3.00 bits per heavy atom. The molecule has 0 radical (unpaired) electrons. The van der Waals surface area contributed by atoms with Crippen molar-refractivity contribution in [3.63, 3.8) is 0 Å². The molecule has 1 fully saturated rings. The predicted octanol–water partition coefficient (Wildman–Crippen LogP) is 3.34. The molecule has 6 nitrogen and oxygen atoms in total. The fourth-order valence-corrected chi connectivity index (χ4v) is 3.96. The van der Waals surface area contributed by atoms with Gasteiger partial charge in [-0.1, -0.05) is 18.2 Å². The van der Waals surface area contributed by atoms with Gasteiger partial charge in [0.15, 0.2) is 11.4 Å². The first-order valence-corrected chi connectivity index (χ1v) is 9.50. The van der Waals surface area contributed by atoms with E-state index in [1.807, 2.05) is 47.2 Å². The molecule has 1 N–H and O–H groups in total. The first kappa shape index (κ1) is 17.7. The second-order valence-corrected chi connectivity index (χ2v) is 7.09. The van der Waals surface area contributed by atoms with Crippen molar-refractivity contribution in [2.45, 2.75) is 38.6 Å². The highest BCUT2D eigenvalue weighted by Crippen LogP contribution is 2.30. The maximum atomic E-state index is 11.7. The molecule has 1 unspecified atom stereocenters. The zero-order chi connectivity index (χ0) is 18.8. The van der Waals surface area contributed by atoms with Crippen molar-refractivity contribution in [3.05, 3.63) is 48.3 Å². The summed E-state index contributed by atoms with van der Waals surface area (Å²) in [7, 11) is 0. The molecule has 1 aliphatic heterocycles. The lowest BCUT2D eigenvalue weighted by Crippen LogP contribution is -2.41. The van der Waals surface area contributed by atoms with E-state index in [1.165, 1.54) is 6.42 Å². The third-order valence-corrected chi connectivity index (χ3v) is 5.35. The number of benzene rings is 1. The van der Waals surface area contributed by atoms with Crippen molar-refractivity contribution in [1.29, 1.82) is 0 Å². The number of rotatable bonds is 5. The molecule has 0 spiro atoms. The highest BCUT2D eigenvalue weighted by atomic mass is 16.3. The zero-order valence-electron chi connectivity index (χ0n) is 15.5. The molecule has 140 valence electrons. The molecule has 2 aromatic heterocycles. The van der Waals surface area contributed by atoms with E-state index >= 15 is 0 Å². The van der Waals surface area contributed by atoms with Gasteiger partial charge >= 0.3 is 0 Å². The normalized spacial score (nSPS) is 17.4. The third-order valence-electron chi connectivity index (χ3n) is 5.35. The third kappa shape index (κ3) is 3.32. The van der Waals surface area contributed by atoms with Crippen LogP contribution in [0.5, 0.6) is 0 Å². The van der Waals surface area contributed by atoms with E-state index < -0.39 is 0 Å². The van der Waals surface area contributed by atoms with Gasteiger partial charge in [0.25, 0.3) is 0 Å². The Bertz CT molecular complexity index is 964. The molecule has 1 aliphatic rings. The van der Waals surface area contributed by atoms with E-state index in [1.54, 1.807) is 6.92 Å². The largest absolute Gasteiger partial charge is 0.396 e. The molecule has 4 rings (SSSR count). The van der Waals surface area contributed by atoms with Crippen LogP contribution >= 0.6 is 0 Å². The van der Waals surface area contributed by atoms with Crippen molar-refractivity contribution < 1.29 is 9.90 Å². The number of hydrogen-bond donors (Lipinski definition) is 1. The predicted molar refractivity (Wildman–Crippen MR) is 105 cm³/mol. The Morgan fingerprint density at radius 2 is 2.19 bits per heavy atom. The minimum atomic E-state index is 0.0436. The maximum absolute atomic E-state index is 11.7. The van der Waals surface area contributed by atoms with E-state index in [9.17, 15) is 9.90 Å². The maximum Gasteiger partial charge on any atom is 0.165 e. The Balaban J connectivity index is 1.78. The molecule has 1 aromatic carbocycles. The Morgan fingerprint density at radius 1 is 1.30 bits per heavy atom. The fourth-order valence-electron chi connectivity index (χ4n) is 3.96. The monoisotopic (exact) mass is 364 g/mol. The topological polar surface area (TPSA) is 70.7 Å². The molecule has 0 amide bonds. The van der Waals surface area contributed by atoms with Crippen LogP contribution in [0.25, 0.3) is 16.8 Å². The minimum Gasteiger partial charge on any atom is -0.396 e. The number of Topliss-reactive ketones (excluding diaryl/α,β-unsaturated/α-hetero) is 1. The molecular weight excluding hydrogens is 340 g/mol. The van der Waals surface area contributed by atoms with E-state index in [2.05, 4.69) is 15.0 Å². The fraction of sp³-hybridized carbons (Fsp3) is 0.381. The standard InChI is InChI=1S/C21H24N4O2/c1-15(27)16-5-4-6-17(13-16)19-14-23-25-20(8-10-22-21(19)25)24-11-3-2-7-18(24)9-12-26/h4-6,8,10,13-14,18,26H,2-3,7,9,11-12H2,1H3. The van der Waals surface area contributed by atoms with Gasteiger partial charge < -0.3 is 10.0 Å². The lowest BCUT2D eigenvalue weighted by molar-refractivity contribution is 0.101. The van der Waals surface area contributed by atoms with Crippen molar-refractivity contribution >= 4 is 17.2 Å².